The summed E-state index contributed by atoms with van der Waals surface area (Å²) >= 11 is 0. The van der Waals surface area contributed by atoms with E-state index in [1.807, 2.05) is 77.1 Å². The maximum Gasteiger partial charge on any atom is 0.295 e. The zero-order valence-electron chi connectivity index (χ0n) is 18.5. The summed E-state index contributed by atoms with van der Waals surface area (Å²) in [4.78, 5) is 17.6. The molecule has 0 spiro atoms. The number of aromatic nitrogens is 3. The van der Waals surface area contributed by atoms with Crippen LogP contribution >= 0.6 is 0 Å². The number of hydrogen-bond donors (Lipinski definition) is 1. The van der Waals surface area contributed by atoms with Crippen molar-refractivity contribution >= 4 is 11.6 Å². The van der Waals surface area contributed by atoms with E-state index < -0.39 is 0 Å². The largest absolute Gasteiger partial charge is 0.319 e. The molecule has 5 nitrogen and oxygen atoms in total. The maximum absolute atomic E-state index is 13.0. The third-order valence-electron chi connectivity index (χ3n) is 5.48. The second-order valence-electron chi connectivity index (χ2n) is 8.08. The molecule has 4 rings (SSSR count). The first-order chi connectivity index (χ1) is 14.8. The molecule has 31 heavy (non-hydrogen) atoms. The minimum Gasteiger partial charge on any atom is -0.319 e. The third-order valence-corrected chi connectivity index (χ3v) is 5.48. The van der Waals surface area contributed by atoms with E-state index in [0.29, 0.717) is 5.82 Å². The van der Waals surface area contributed by atoms with Crippen LogP contribution in [0.3, 0.4) is 0 Å². The number of hydrogen-bond acceptors (Lipinski definition) is 3. The Morgan fingerprint density at radius 1 is 0.774 bits per heavy atom. The van der Waals surface area contributed by atoms with Gasteiger partial charge in [-0.3, -0.25) is 4.79 Å². The normalized spacial score (nSPS) is 10.9. The highest BCUT2D eigenvalue weighted by Crippen LogP contribution is 2.25. The van der Waals surface area contributed by atoms with E-state index in [2.05, 4.69) is 33.6 Å². The fraction of sp³-hybridized carbons (Fsp3) is 0.192. The van der Waals surface area contributed by atoms with Gasteiger partial charge in [0, 0.05) is 11.3 Å². The van der Waals surface area contributed by atoms with Crippen LogP contribution in [-0.4, -0.2) is 20.7 Å². The van der Waals surface area contributed by atoms with Crippen molar-refractivity contribution in [1.29, 1.82) is 0 Å². The summed E-state index contributed by atoms with van der Waals surface area (Å²) in [5.41, 5.74) is 8.18. The van der Waals surface area contributed by atoms with Gasteiger partial charge in [0.15, 0.2) is 5.82 Å². The molecule has 0 saturated heterocycles. The Hall–Kier alpha value is -3.73. The lowest BCUT2D eigenvalue weighted by atomic mass is 10.1. The number of nitrogens with one attached hydrogen (secondary N) is 1. The molecule has 0 unspecified atom stereocenters. The van der Waals surface area contributed by atoms with Crippen LogP contribution in [0.25, 0.3) is 17.1 Å². The molecule has 1 heterocycles. The summed E-state index contributed by atoms with van der Waals surface area (Å²) < 4.78 is 1.77. The van der Waals surface area contributed by atoms with E-state index >= 15 is 0 Å². The van der Waals surface area contributed by atoms with Gasteiger partial charge in [-0.2, -0.15) is 0 Å². The highest BCUT2D eigenvalue weighted by molar-refractivity contribution is 6.01. The van der Waals surface area contributed by atoms with Crippen LogP contribution in [0.2, 0.25) is 0 Å². The van der Waals surface area contributed by atoms with Gasteiger partial charge in [-0.05, 0) is 75.1 Å². The van der Waals surface area contributed by atoms with Crippen molar-refractivity contribution in [2.24, 2.45) is 0 Å². The highest BCUT2D eigenvalue weighted by Gasteiger charge is 2.20. The van der Waals surface area contributed by atoms with Crippen LogP contribution in [-0.2, 0) is 0 Å². The molecule has 1 N–H and O–H groups in total. The number of anilines is 1. The van der Waals surface area contributed by atoms with Crippen LogP contribution in [0.1, 0.15) is 38.4 Å². The van der Waals surface area contributed by atoms with E-state index in [0.717, 1.165) is 39.2 Å². The molecule has 0 radical (unpaired) electrons. The van der Waals surface area contributed by atoms with Gasteiger partial charge in [0.25, 0.3) is 5.91 Å². The van der Waals surface area contributed by atoms with Crippen LogP contribution in [0.4, 0.5) is 5.69 Å². The Morgan fingerprint density at radius 2 is 1.45 bits per heavy atom. The monoisotopic (exact) mass is 410 g/mol. The number of carbonyl (C=O) groups excluding carboxylic acids is 1. The summed E-state index contributed by atoms with van der Waals surface area (Å²) in [6, 6.07) is 20.1. The average Bonchev–Trinajstić information content (AvgIpc) is 3.18. The van der Waals surface area contributed by atoms with Crippen LogP contribution in [0.5, 0.6) is 0 Å². The van der Waals surface area contributed by atoms with Gasteiger partial charge in [0.2, 0.25) is 5.82 Å². The SMILES string of the molecule is Cc1ccc(-c2nc(C(=O)Nc3ccc(C)c(C)c3)nn2-c2cc(C)ccc2C)cc1. The molecular weight excluding hydrogens is 384 g/mol. The number of nitrogens with zero attached hydrogens (tertiary/aromatic N) is 3. The number of carbonyl (C=O) groups is 1. The van der Waals surface area contributed by atoms with E-state index in [1.165, 1.54) is 5.56 Å². The average molecular weight is 411 g/mol. The summed E-state index contributed by atoms with van der Waals surface area (Å²) in [6.45, 7) is 10.2. The van der Waals surface area contributed by atoms with Crippen LogP contribution in [0.15, 0.2) is 60.7 Å². The summed E-state index contributed by atoms with van der Waals surface area (Å²) in [6.07, 6.45) is 0. The fourth-order valence-electron chi connectivity index (χ4n) is 3.42. The lowest BCUT2D eigenvalue weighted by Gasteiger charge is -2.10. The summed E-state index contributed by atoms with van der Waals surface area (Å²) in [7, 11) is 0. The van der Waals surface area contributed by atoms with Crippen LogP contribution in [0, 0.1) is 34.6 Å². The van der Waals surface area contributed by atoms with E-state index in [4.69, 9.17) is 0 Å². The van der Waals surface area contributed by atoms with E-state index in [-0.39, 0.29) is 11.7 Å². The number of aryl methyl sites for hydroxylation is 5. The molecule has 0 aliphatic rings. The first-order valence-electron chi connectivity index (χ1n) is 10.3. The fourth-order valence-corrected chi connectivity index (χ4v) is 3.42. The Labute approximate surface area is 182 Å². The van der Waals surface area contributed by atoms with Crippen molar-refractivity contribution in [1.82, 2.24) is 14.8 Å². The molecular formula is C26H26N4O. The highest BCUT2D eigenvalue weighted by atomic mass is 16.2. The van der Waals surface area contributed by atoms with Crippen molar-refractivity contribution in [3.63, 3.8) is 0 Å². The van der Waals surface area contributed by atoms with Crippen molar-refractivity contribution in [2.75, 3.05) is 5.32 Å². The van der Waals surface area contributed by atoms with Gasteiger partial charge in [-0.25, -0.2) is 9.67 Å². The zero-order chi connectivity index (χ0) is 22.1. The first-order valence-corrected chi connectivity index (χ1v) is 10.3. The molecule has 156 valence electrons. The Morgan fingerprint density at radius 3 is 2.16 bits per heavy atom. The molecule has 3 aromatic carbocycles. The van der Waals surface area contributed by atoms with Crippen molar-refractivity contribution in [2.45, 2.75) is 34.6 Å². The standard InChI is InChI=1S/C26H26N4O/c1-16-7-11-21(12-8-16)25-28-24(26(31)27-22-13-10-18(3)20(5)15-22)29-30(25)23-14-17(2)6-9-19(23)4/h6-15H,1-5H3,(H,27,31). The van der Waals surface area contributed by atoms with Crippen molar-refractivity contribution < 1.29 is 4.79 Å². The second kappa shape index (κ2) is 8.19. The molecule has 0 aliphatic heterocycles. The lowest BCUT2D eigenvalue weighted by molar-refractivity contribution is 0.101. The number of benzene rings is 3. The van der Waals surface area contributed by atoms with E-state index in [1.54, 1.807) is 4.68 Å². The van der Waals surface area contributed by atoms with Gasteiger partial charge in [0.05, 0.1) is 5.69 Å². The molecule has 1 amide bonds. The van der Waals surface area contributed by atoms with Gasteiger partial charge >= 0.3 is 0 Å². The van der Waals surface area contributed by atoms with Crippen LogP contribution < -0.4 is 5.32 Å². The van der Waals surface area contributed by atoms with Crippen molar-refractivity contribution in [3.8, 4) is 17.1 Å². The first kappa shape index (κ1) is 20.5. The van der Waals surface area contributed by atoms with E-state index in [9.17, 15) is 4.79 Å². The number of amides is 1. The topological polar surface area (TPSA) is 59.8 Å². The second-order valence-corrected chi connectivity index (χ2v) is 8.08. The number of rotatable bonds is 4. The maximum atomic E-state index is 13.0. The van der Waals surface area contributed by atoms with Gasteiger partial charge in [-0.15, -0.1) is 5.10 Å². The summed E-state index contributed by atoms with van der Waals surface area (Å²) in [5, 5.41) is 7.54. The van der Waals surface area contributed by atoms with Gasteiger partial charge in [-0.1, -0.05) is 48.0 Å². The quantitative estimate of drug-likeness (QED) is 0.467. The minimum atomic E-state index is -0.333. The minimum absolute atomic E-state index is 0.134. The molecule has 0 bridgehead atoms. The van der Waals surface area contributed by atoms with Gasteiger partial charge in [0.1, 0.15) is 0 Å². The molecule has 0 saturated carbocycles. The molecule has 0 fully saturated rings. The molecule has 5 heteroatoms. The zero-order valence-corrected chi connectivity index (χ0v) is 18.5. The van der Waals surface area contributed by atoms with Crippen molar-refractivity contribution in [3.05, 3.63) is 94.3 Å². The molecule has 0 atom stereocenters. The molecule has 4 aromatic rings. The molecule has 0 aliphatic carbocycles. The Bertz CT molecular complexity index is 1270. The Balaban J connectivity index is 1.78. The molecule has 1 aromatic heterocycles. The summed E-state index contributed by atoms with van der Waals surface area (Å²) in [5.74, 6) is 0.439. The predicted octanol–water partition coefficient (Wildman–Crippen LogP) is 5.73. The third kappa shape index (κ3) is 4.26. The Kier molecular flexibility index (Phi) is 5.42. The predicted molar refractivity (Wildman–Crippen MR) is 125 cm³/mol. The lowest BCUT2D eigenvalue weighted by Crippen LogP contribution is -2.14. The smallest absolute Gasteiger partial charge is 0.295 e. The van der Waals surface area contributed by atoms with Gasteiger partial charge < -0.3 is 5.32 Å².